The summed E-state index contributed by atoms with van der Waals surface area (Å²) in [5, 5.41) is 16.9. The highest BCUT2D eigenvalue weighted by molar-refractivity contribution is 5.69. The maximum atomic E-state index is 12.4. The summed E-state index contributed by atoms with van der Waals surface area (Å²) in [4.78, 5) is 86.5. The van der Waals surface area contributed by atoms with E-state index in [0.29, 0.717) is 6.42 Å². The molecule has 24 heteroatoms. The van der Waals surface area contributed by atoms with E-state index in [2.05, 4.69) is 20.5 Å². The second-order valence-corrected chi connectivity index (χ2v) is 12.1. The molecule has 0 radical (unpaired) electrons. The molecule has 24 nitrogen and oxygen atoms in total. The summed E-state index contributed by atoms with van der Waals surface area (Å²) in [7, 11) is 0. The molecule has 0 bridgehead atoms. The van der Waals surface area contributed by atoms with Crippen LogP contribution in [0.2, 0.25) is 0 Å². The van der Waals surface area contributed by atoms with E-state index in [-0.39, 0.29) is 18.0 Å². The average Bonchev–Trinajstić information content (AvgIpc) is 3.99. The summed E-state index contributed by atoms with van der Waals surface area (Å²) in [6.45, 7) is -6.16. The monoisotopic (exact) mass is 833 g/mol. The molecule has 0 aliphatic carbocycles. The molecular formula is C34H46N6O18. The largest absolute Gasteiger partial charge is 0.463 e. The van der Waals surface area contributed by atoms with Gasteiger partial charge in [-0.15, -0.1) is 5.10 Å². The highest BCUT2D eigenvalue weighted by Crippen LogP contribution is 2.31. The molecule has 2 aliphatic rings. The maximum Gasteiger partial charge on any atom is 0.303 e. The van der Waals surface area contributed by atoms with E-state index in [9.17, 15) is 33.6 Å². The second kappa shape index (κ2) is 20.7. The Hall–Kier alpha value is -5.59. The predicted molar refractivity (Wildman–Crippen MR) is 183 cm³/mol. The Balaban J connectivity index is 1.52. The Morgan fingerprint density at radius 1 is 0.724 bits per heavy atom. The highest BCUT2D eigenvalue weighted by Gasteiger charge is 2.53. The smallest absolute Gasteiger partial charge is 0.303 e. The fraction of sp³-hybridized carbons (Fsp3) is 0.676. The van der Waals surface area contributed by atoms with E-state index in [1.807, 2.05) is 0 Å². The van der Waals surface area contributed by atoms with Crippen LogP contribution < -0.4 is 0 Å². The third-order valence-corrected chi connectivity index (χ3v) is 7.85. The molecule has 2 fully saturated rings. The standard InChI is InChI=1S/C34H46N6O18/c1-9-27(39-11-24(36-38-39)13-49-33-31(56-21(7)46)29(54-19(5)44)25(15-51-33)52-17(3)42)40-35-10-23(37-40)12-50-34-32(57-22(8)47)30(55-20(6)45)28(53-18(4)43)26(58-34)14-48-16(2)41/h10-11,25-34H,9,12-15H2,1-8H3/t25-,26-,27?,28+,29-,30+,31+,32-,33?,34?/m1/s1/i2D,3D,4D,5D,6D,7D,8D. The van der Waals surface area contributed by atoms with Gasteiger partial charge in [0.15, 0.2) is 55.4 Å². The van der Waals surface area contributed by atoms with Gasteiger partial charge < -0.3 is 52.1 Å². The molecule has 0 N–H and O–H groups in total. The first-order valence-electron chi connectivity index (χ1n) is 21.9. The van der Waals surface area contributed by atoms with Crippen LogP contribution in [0.15, 0.2) is 12.4 Å². The van der Waals surface area contributed by atoms with Gasteiger partial charge in [-0.1, -0.05) is 12.1 Å². The number of hydrogen-bond acceptors (Lipinski definition) is 22. The lowest BCUT2D eigenvalue weighted by Gasteiger charge is -2.43. The van der Waals surface area contributed by atoms with Gasteiger partial charge in [0.2, 0.25) is 0 Å². The Bertz CT molecular complexity index is 1930. The van der Waals surface area contributed by atoms with Gasteiger partial charge in [-0.2, -0.15) is 15.0 Å². The minimum Gasteiger partial charge on any atom is -0.463 e. The van der Waals surface area contributed by atoms with Gasteiger partial charge in [-0.05, 0) is 6.42 Å². The first-order valence-corrected chi connectivity index (χ1v) is 16.9. The molecular weight excluding hydrogens is 780 g/mol. The van der Waals surface area contributed by atoms with Crippen LogP contribution >= 0.6 is 0 Å². The lowest BCUT2D eigenvalue weighted by Crippen LogP contribution is -2.62. The first-order chi connectivity index (χ1) is 31.2. The molecule has 58 heavy (non-hydrogen) atoms. The van der Waals surface area contributed by atoms with Crippen molar-refractivity contribution in [3.05, 3.63) is 23.8 Å². The zero-order valence-corrected chi connectivity index (χ0v) is 30.9. The van der Waals surface area contributed by atoms with Crippen LogP contribution in [0, 0.1) is 0 Å². The summed E-state index contributed by atoms with van der Waals surface area (Å²) in [6, 6.07) is 0. The van der Waals surface area contributed by atoms with Gasteiger partial charge >= 0.3 is 41.8 Å². The van der Waals surface area contributed by atoms with Crippen LogP contribution in [-0.4, -0.2) is 140 Å². The quantitative estimate of drug-likeness (QED) is 0.145. The number of carbonyl (C=O) groups is 7. The summed E-state index contributed by atoms with van der Waals surface area (Å²) in [5.41, 5.74) is 0.324. The van der Waals surface area contributed by atoms with Crippen LogP contribution in [0.3, 0.4) is 0 Å². The summed E-state index contributed by atoms with van der Waals surface area (Å²) >= 11 is 0. The van der Waals surface area contributed by atoms with Crippen molar-refractivity contribution in [2.75, 3.05) is 13.2 Å². The lowest BCUT2D eigenvalue weighted by molar-refractivity contribution is -0.310. The molecule has 2 aromatic rings. The van der Waals surface area contributed by atoms with Crippen LogP contribution in [0.4, 0.5) is 0 Å². The molecule has 0 aromatic carbocycles. The Kier molecular flexibility index (Phi) is 12.7. The minimum absolute atomic E-state index is 0.135. The summed E-state index contributed by atoms with van der Waals surface area (Å²) < 4.78 is 113. The molecule has 2 saturated heterocycles. The molecule has 2 aromatic heterocycles. The van der Waals surface area contributed by atoms with Crippen molar-refractivity contribution in [2.45, 2.75) is 136 Å². The number of carbonyl (C=O) groups excluding carboxylic acids is 7. The van der Waals surface area contributed by atoms with Crippen LogP contribution in [0.25, 0.3) is 0 Å². The van der Waals surface area contributed by atoms with E-state index < -0.39 is 171 Å². The molecule has 4 heterocycles. The van der Waals surface area contributed by atoms with Crippen molar-refractivity contribution in [3.63, 3.8) is 0 Å². The van der Waals surface area contributed by atoms with Gasteiger partial charge in [0.05, 0.1) is 32.2 Å². The predicted octanol–water partition coefficient (Wildman–Crippen LogP) is -0.406. The Morgan fingerprint density at radius 3 is 1.91 bits per heavy atom. The zero-order valence-electron chi connectivity index (χ0n) is 37.9. The van der Waals surface area contributed by atoms with Crippen LogP contribution in [-0.2, 0) is 98.9 Å². The minimum atomic E-state index is -1.76. The third kappa shape index (κ3) is 12.7. The maximum absolute atomic E-state index is 12.4. The van der Waals surface area contributed by atoms with Gasteiger partial charge in [-0.3, -0.25) is 33.6 Å². The molecule has 320 valence electrons. The van der Waals surface area contributed by atoms with Crippen molar-refractivity contribution in [3.8, 4) is 0 Å². The lowest BCUT2D eigenvalue weighted by atomic mass is 9.98. The van der Waals surface area contributed by atoms with Gasteiger partial charge in [-0.25, -0.2) is 4.68 Å². The van der Waals surface area contributed by atoms with E-state index in [4.69, 9.17) is 61.7 Å². The Labute approximate surface area is 340 Å². The number of rotatable bonds is 17. The normalized spacial score (nSPS) is 27.6. The van der Waals surface area contributed by atoms with Crippen molar-refractivity contribution >= 4 is 41.8 Å². The zero-order chi connectivity index (χ0) is 47.6. The van der Waals surface area contributed by atoms with Crippen LogP contribution in [0.5, 0.6) is 0 Å². The highest BCUT2D eigenvalue weighted by atomic mass is 16.7. The van der Waals surface area contributed by atoms with Crippen molar-refractivity contribution < 1.29 is 95.3 Å². The summed E-state index contributed by atoms with van der Waals surface area (Å²) in [6.07, 6.45) is -12.0. The number of aromatic nitrogens is 6. The Morgan fingerprint density at radius 2 is 1.28 bits per heavy atom. The van der Waals surface area contributed by atoms with E-state index in [0.717, 1.165) is 0 Å². The number of hydrogen-bond donors (Lipinski definition) is 0. The van der Waals surface area contributed by atoms with E-state index in [1.165, 1.54) is 21.9 Å². The fourth-order valence-corrected chi connectivity index (χ4v) is 5.74. The molecule has 4 rings (SSSR count). The molecule has 0 saturated carbocycles. The molecule has 2 aliphatic heterocycles. The molecule has 0 amide bonds. The second-order valence-electron chi connectivity index (χ2n) is 12.1. The topological polar surface area (TPSA) is 282 Å². The van der Waals surface area contributed by atoms with Crippen molar-refractivity contribution in [2.24, 2.45) is 0 Å². The number of ether oxygens (including phenoxy) is 11. The first kappa shape index (κ1) is 35.6. The van der Waals surface area contributed by atoms with E-state index >= 15 is 0 Å². The summed E-state index contributed by atoms with van der Waals surface area (Å²) in [5.74, 6) is -7.60. The van der Waals surface area contributed by atoms with Gasteiger partial charge in [0.1, 0.15) is 24.1 Å². The van der Waals surface area contributed by atoms with Crippen LogP contribution in [0.1, 0.15) is 88.8 Å². The molecule has 3 unspecified atom stereocenters. The van der Waals surface area contributed by atoms with Gasteiger partial charge in [0, 0.05) is 57.9 Å². The van der Waals surface area contributed by atoms with Gasteiger partial charge in [0.25, 0.3) is 0 Å². The third-order valence-electron chi connectivity index (χ3n) is 7.85. The SMILES string of the molecule is [2H]CC(=O)OC[C@H]1OC(OCc2cnn(C(CC)n3cc(COC4OC[C@@H](OC(=O)C[2H])[C@@H](OC(=O)C[2H])[C@@H]4OC(=O)C[2H])nn3)n2)[C@H](OC(=O)C[2H])[C@@H](OC(=O)C[2H])[C@H]1OC(=O)C[2H]. The molecule has 0 spiro atoms. The molecule has 10 atom stereocenters. The number of esters is 7. The van der Waals surface area contributed by atoms with Crippen molar-refractivity contribution in [1.29, 1.82) is 0 Å². The number of nitrogens with zero attached hydrogens (tertiary/aromatic N) is 6. The average molecular weight is 834 g/mol. The van der Waals surface area contributed by atoms with E-state index in [1.54, 1.807) is 6.92 Å². The fourth-order valence-electron chi connectivity index (χ4n) is 5.74. The van der Waals surface area contributed by atoms with Crippen molar-refractivity contribution in [1.82, 2.24) is 30.0 Å².